The second-order valence-corrected chi connectivity index (χ2v) is 6.99. The summed E-state index contributed by atoms with van der Waals surface area (Å²) in [6, 6.07) is 7.91. The Morgan fingerprint density at radius 2 is 1.67 bits per heavy atom. The van der Waals surface area contributed by atoms with Crippen molar-refractivity contribution in [3.63, 3.8) is 0 Å². The second kappa shape index (κ2) is 9.34. The molecule has 0 radical (unpaired) electrons. The fourth-order valence-corrected chi connectivity index (χ4v) is 3.29. The largest absolute Gasteiger partial charge is 0.497 e. The highest BCUT2D eigenvalue weighted by atomic mass is 16.6. The van der Waals surface area contributed by atoms with E-state index in [0.717, 1.165) is 29.0 Å². The van der Waals surface area contributed by atoms with Gasteiger partial charge in [0.15, 0.2) is 0 Å². The van der Waals surface area contributed by atoms with Gasteiger partial charge in [-0.3, -0.25) is 34.7 Å². The van der Waals surface area contributed by atoms with Crippen LogP contribution in [0.25, 0.3) is 0 Å². The quantitative estimate of drug-likeness (QED) is 0.390. The minimum absolute atomic E-state index is 0.0259. The lowest BCUT2D eigenvalue weighted by Crippen LogP contribution is -2.54. The van der Waals surface area contributed by atoms with Gasteiger partial charge in [-0.15, -0.1) is 0 Å². The summed E-state index contributed by atoms with van der Waals surface area (Å²) in [5.74, 6) is -2.07. The number of hydrogen-bond acceptors (Lipinski definition) is 8. The zero-order valence-electron chi connectivity index (χ0n) is 17.9. The van der Waals surface area contributed by atoms with Crippen molar-refractivity contribution in [3.05, 3.63) is 58.1 Å². The average molecular weight is 456 g/mol. The van der Waals surface area contributed by atoms with Crippen molar-refractivity contribution in [2.75, 3.05) is 19.1 Å². The molecule has 172 valence electrons. The third kappa shape index (κ3) is 4.74. The molecule has 2 aromatic rings. The maximum absolute atomic E-state index is 13.1. The number of carbonyl (C=O) groups is 4. The molecule has 1 aliphatic rings. The second-order valence-electron chi connectivity index (χ2n) is 6.99. The summed E-state index contributed by atoms with van der Waals surface area (Å²) >= 11 is 0. The summed E-state index contributed by atoms with van der Waals surface area (Å²) in [7, 11) is 2.83. The van der Waals surface area contributed by atoms with Crippen LogP contribution in [0.15, 0.2) is 42.5 Å². The molecule has 1 unspecified atom stereocenters. The highest BCUT2D eigenvalue weighted by molar-refractivity contribution is 6.23. The van der Waals surface area contributed by atoms with Crippen LogP contribution in [-0.4, -0.2) is 53.8 Å². The molecule has 0 bridgehead atoms. The number of hydrogen-bond donors (Lipinski definition) is 1. The van der Waals surface area contributed by atoms with Gasteiger partial charge in [0.1, 0.15) is 17.5 Å². The van der Waals surface area contributed by atoms with Gasteiger partial charge in [-0.25, -0.2) is 9.91 Å². The highest BCUT2D eigenvalue weighted by Crippen LogP contribution is 2.32. The van der Waals surface area contributed by atoms with Gasteiger partial charge in [-0.05, 0) is 12.1 Å². The SMILES string of the molecule is COc1cc(OC)cc(N2C(=O)CC(N(NC(=O)c3ccc([N+](=O)[O-])cc3)C(C)=O)C2=O)c1. The zero-order chi connectivity index (χ0) is 24.3. The van der Waals surface area contributed by atoms with Crippen LogP contribution in [-0.2, 0) is 14.4 Å². The number of nitro groups is 1. The number of benzene rings is 2. The molecule has 12 heteroatoms. The molecule has 2 aromatic carbocycles. The standard InChI is InChI=1S/C21H20N4O8/c1-12(26)24(22-20(28)13-4-6-14(7-5-13)25(30)31)18-11-19(27)23(21(18)29)15-8-16(32-2)10-17(9-15)33-3/h4-10,18H,11H2,1-3H3,(H,22,28). The van der Waals surface area contributed by atoms with Crippen LogP contribution in [0.4, 0.5) is 11.4 Å². The van der Waals surface area contributed by atoms with Gasteiger partial charge in [-0.1, -0.05) is 0 Å². The average Bonchev–Trinajstić information content (AvgIpc) is 3.09. The molecule has 1 aliphatic heterocycles. The summed E-state index contributed by atoms with van der Waals surface area (Å²) in [6.07, 6.45) is -0.363. The Labute approximate surface area is 187 Å². The topological polar surface area (TPSA) is 148 Å². The van der Waals surface area contributed by atoms with E-state index in [4.69, 9.17) is 9.47 Å². The number of nitrogens with zero attached hydrogens (tertiary/aromatic N) is 3. The van der Waals surface area contributed by atoms with Crippen LogP contribution in [0.3, 0.4) is 0 Å². The molecular formula is C21H20N4O8. The molecule has 1 fully saturated rings. The molecular weight excluding hydrogens is 436 g/mol. The van der Waals surface area contributed by atoms with E-state index in [-0.39, 0.29) is 23.4 Å². The summed E-state index contributed by atoms with van der Waals surface area (Å²) in [4.78, 5) is 61.7. The van der Waals surface area contributed by atoms with Gasteiger partial charge in [0, 0.05) is 42.8 Å². The predicted molar refractivity (Wildman–Crippen MR) is 114 cm³/mol. The van der Waals surface area contributed by atoms with E-state index in [1.54, 1.807) is 6.07 Å². The molecule has 0 saturated carbocycles. The van der Waals surface area contributed by atoms with Crippen molar-refractivity contribution in [1.29, 1.82) is 0 Å². The molecule has 1 saturated heterocycles. The minimum Gasteiger partial charge on any atom is -0.497 e. The molecule has 1 N–H and O–H groups in total. The van der Waals surface area contributed by atoms with E-state index >= 15 is 0 Å². The van der Waals surface area contributed by atoms with Crippen LogP contribution in [0.5, 0.6) is 11.5 Å². The van der Waals surface area contributed by atoms with Crippen molar-refractivity contribution in [3.8, 4) is 11.5 Å². The first-order chi connectivity index (χ1) is 15.7. The Bertz CT molecular complexity index is 1110. The summed E-state index contributed by atoms with van der Waals surface area (Å²) in [5, 5.41) is 11.6. The van der Waals surface area contributed by atoms with E-state index in [2.05, 4.69) is 5.43 Å². The molecule has 3 rings (SSSR count). The Balaban J connectivity index is 1.85. The van der Waals surface area contributed by atoms with E-state index in [0.29, 0.717) is 11.5 Å². The number of nitro benzene ring substituents is 1. The van der Waals surface area contributed by atoms with E-state index in [9.17, 15) is 29.3 Å². The Morgan fingerprint density at radius 3 is 2.15 bits per heavy atom. The maximum Gasteiger partial charge on any atom is 0.269 e. The van der Waals surface area contributed by atoms with Crippen LogP contribution in [0.1, 0.15) is 23.7 Å². The molecule has 1 heterocycles. The number of methoxy groups -OCH3 is 2. The number of non-ortho nitro benzene ring substituents is 1. The summed E-state index contributed by atoms with van der Waals surface area (Å²) < 4.78 is 10.3. The number of amides is 4. The van der Waals surface area contributed by atoms with Crippen LogP contribution in [0.2, 0.25) is 0 Å². The lowest BCUT2D eigenvalue weighted by molar-refractivity contribution is -0.384. The van der Waals surface area contributed by atoms with Crippen molar-refractivity contribution in [1.82, 2.24) is 10.4 Å². The molecule has 4 amide bonds. The van der Waals surface area contributed by atoms with Crippen molar-refractivity contribution in [2.45, 2.75) is 19.4 Å². The zero-order valence-corrected chi connectivity index (χ0v) is 17.9. The first-order valence-electron chi connectivity index (χ1n) is 9.61. The summed E-state index contributed by atoms with van der Waals surface area (Å²) in [6.45, 7) is 1.13. The molecule has 0 aromatic heterocycles. The maximum atomic E-state index is 13.1. The normalized spacial score (nSPS) is 15.2. The monoisotopic (exact) mass is 456 g/mol. The van der Waals surface area contributed by atoms with E-state index in [1.807, 2.05) is 0 Å². The third-order valence-corrected chi connectivity index (χ3v) is 4.93. The van der Waals surface area contributed by atoms with Crippen molar-refractivity contribution >= 4 is 35.0 Å². The fraction of sp³-hybridized carbons (Fsp3) is 0.238. The van der Waals surface area contributed by atoms with E-state index in [1.165, 1.54) is 38.5 Å². The minimum atomic E-state index is -1.28. The number of ether oxygens (including phenoxy) is 2. The fourth-order valence-electron chi connectivity index (χ4n) is 3.29. The van der Waals surface area contributed by atoms with Crippen LogP contribution < -0.4 is 19.8 Å². The Morgan fingerprint density at radius 1 is 1.09 bits per heavy atom. The van der Waals surface area contributed by atoms with E-state index < -0.39 is 34.6 Å². The van der Waals surface area contributed by atoms with Gasteiger partial charge < -0.3 is 9.47 Å². The number of hydrazine groups is 1. The first-order valence-corrected chi connectivity index (χ1v) is 9.61. The Hall–Kier alpha value is -4.48. The molecule has 12 nitrogen and oxygen atoms in total. The number of imide groups is 1. The van der Waals surface area contributed by atoms with Gasteiger partial charge >= 0.3 is 0 Å². The van der Waals surface area contributed by atoms with Crippen molar-refractivity contribution < 1.29 is 33.6 Å². The molecule has 0 spiro atoms. The molecule has 1 atom stereocenters. The third-order valence-electron chi connectivity index (χ3n) is 4.93. The number of anilines is 1. The summed E-state index contributed by atoms with van der Waals surface area (Å²) in [5.41, 5.74) is 2.32. The van der Waals surface area contributed by atoms with Gasteiger partial charge in [0.2, 0.25) is 11.8 Å². The molecule has 33 heavy (non-hydrogen) atoms. The number of rotatable bonds is 6. The number of nitrogens with one attached hydrogen (secondary N) is 1. The highest BCUT2D eigenvalue weighted by Gasteiger charge is 2.45. The van der Waals surface area contributed by atoms with Gasteiger partial charge in [-0.2, -0.15) is 0 Å². The van der Waals surface area contributed by atoms with Gasteiger partial charge in [0.05, 0.1) is 31.3 Å². The number of carbonyl (C=O) groups excluding carboxylic acids is 4. The smallest absolute Gasteiger partial charge is 0.269 e. The van der Waals surface area contributed by atoms with Crippen LogP contribution in [0, 0.1) is 10.1 Å². The lowest BCUT2D eigenvalue weighted by atomic mass is 10.2. The molecule has 0 aliphatic carbocycles. The Kier molecular flexibility index (Phi) is 6.56. The first kappa shape index (κ1) is 23.2. The predicted octanol–water partition coefficient (Wildman–Crippen LogP) is 1.44. The van der Waals surface area contributed by atoms with Crippen LogP contribution >= 0.6 is 0 Å². The van der Waals surface area contributed by atoms with Crippen molar-refractivity contribution in [2.24, 2.45) is 0 Å². The van der Waals surface area contributed by atoms with Gasteiger partial charge in [0.25, 0.3) is 17.5 Å². The lowest BCUT2D eigenvalue weighted by Gasteiger charge is -2.26.